The standard InChI is InChI=1S/C21H22O3/c1-15(2)16-10-12-17(13-11-16)21(14-6-5-9-20(21)23)24-19-8-4-3-7-18(19)22/h3-15,20,22-23H,1-2H3. The molecule has 0 bridgehead atoms. The SMILES string of the molecule is CC(C)c1ccc(C2(Oc3ccccc3O)C=CC=CC2O)cc1. The lowest BCUT2D eigenvalue weighted by Gasteiger charge is -2.37. The molecular formula is C21H22O3. The highest BCUT2D eigenvalue weighted by Gasteiger charge is 2.40. The quantitative estimate of drug-likeness (QED) is 0.883. The molecule has 3 heteroatoms. The highest BCUT2D eigenvalue weighted by Crippen LogP contribution is 2.39. The minimum Gasteiger partial charge on any atom is -0.504 e. The first kappa shape index (κ1) is 16.3. The summed E-state index contributed by atoms with van der Waals surface area (Å²) in [5.74, 6) is 0.816. The van der Waals surface area contributed by atoms with Gasteiger partial charge in [-0.2, -0.15) is 0 Å². The molecule has 3 rings (SSSR count). The van der Waals surface area contributed by atoms with E-state index in [1.54, 1.807) is 36.4 Å². The van der Waals surface area contributed by atoms with E-state index in [-0.39, 0.29) is 5.75 Å². The molecule has 0 aromatic heterocycles. The molecule has 2 unspecified atom stereocenters. The van der Waals surface area contributed by atoms with E-state index in [1.165, 1.54) is 5.56 Å². The number of allylic oxidation sites excluding steroid dienone is 2. The van der Waals surface area contributed by atoms with Crippen LogP contribution in [0, 0.1) is 0 Å². The van der Waals surface area contributed by atoms with Gasteiger partial charge in [0.25, 0.3) is 0 Å². The second-order valence-corrected chi connectivity index (χ2v) is 6.33. The van der Waals surface area contributed by atoms with Gasteiger partial charge in [0.05, 0.1) is 0 Å². The molecule has 1 aliphatic rings. The van der Waals surface area contributed by atoms with Gasteiger partial charge in [0.15, 0.2) is 17.1 Å². The van der Waals surface area contributed by atoms with Crippen LogP contribution in [0.3, 0.4) is 0 Å². The van der Waals surface area contributed by atoms with E-state index in [4.69, 9.17) is 4.74 Å². The molecule has 0 amide bonds. The molecular weight excluding hydrogens is 300 g/mol. The van der Waals surface area contributed by atoms with Crippen molar-refractivity contribution in [1.82, 2.24) is 0 Å². The number of hydrogen-bond acceptors (Lipinski definition) is 3. The molecule has 0 radical (unpaired) electrons. The molecule has 2 aromatic rings. The van der Waals surface area contributed by atoms with E-state index >= 15 is 0 Å². The monoisotopic (exact) mass is 322 g/mol. The van der Waals surface area contributed by atoms with E-state index < -0.39 is 11.7 Å². The van der Waals surface area contributed by atoms with Crippen molar-refractivity contribution in [3.63, 3.8) is 0 Å². The zero-order valence-corrected chi connectivity index (χ0v) is 13.9. The van der Waals surface area contributed by atoms with Gasteiger partial charge < -0.3 is 14.9 Å². The summed E-state index contributed by atoms with van der Waals surface area (Å²) in [7, 11) is 0. The number of benzene rings is 2. The van der Waals surface area contributed by atoms with Crippen LogP contribution >= 0.6 is 0 Å². The summed E-state index contributed by atoms with van der Waals surface area (Å²) >= 11 is 0. The third-order valence-corrected chi connectivity index (χ3v) is 4.36. The van der Waals surface area contributed by atoms with Gasteiger partial charge in [-0.1, -0.05) is 68.5 Å². The molecule has 0 heterocycles. The average Bonchev–Trinajstić information content (AvgIpc) is 2.59. The van der Waals surface area contributed by atoms with Crippen molar-refractivity contribution < 1.29 is 14.9 Å². The zero-order valence-electron chi connectivity index (χ0n) is 13.9. The fourth-order valence-corrected chi connectivity index (χ4v) is 2.88. The van der Waals surface area contributed by atoms with Gasteiger partial charge in [0.1, 0.15) is 6.10 Å². The fraction of sp³-hybridized carbons (Fsp3) is 0.238. The van der Waals surface area contributed by atoms with Crippen molar-refractivity contribution in [1.29, 1.82) is 0 Å². The Balaban J connectivity index is 2.05. The van der Waals surface area contributed by atoms with E-state index in [2.05, 4.69) is 26.0 Å². The van der Waals surface area contributed by atoms with Gasteiger partial charge >= 0.3 is 0 Å². The van der Waals surface area contributed by atoms with Gasteiger partial charge in [-0.3, -0.25) is 0 Å². The molecule has 24 heavy (non-hydrogen) atoms. The number of aliphatic hydroxyl groups excluding tert-OH is 1. The lowest BCUT2D eigenvalue weighted by molar-refractivity contribution is 0.000164. The van der Waals surface area contributed by atoms with Gasteiger partial charge in [-0.15, -0.1) is 0 Å². The van der Waals surface area contributed by atoms with Crippen LogP contribution in [-0.4, -0.2) is 16.3 Å². The predicted octanol–water partition coefficient (Wildman–Crippen LogP) is 4.28. The van der Waals surface area contributed by atoms with E-state index in [0.717, 1.165) is 5.56 Å². The van der Waals surface area contributed by atoms with E-state index in [9.17, 15) is 10.2 Å². The minimum absolute atomic E-state index is 0.0471. The molecule has 124 valence electrons. The van der Waals surface area contributed by atoms with E-state index in [0.29, 0.717) is 11.7 Å². The summed E-state index contributed by atoms with van der Waals surface area (Å²) in [5.41, 5.74) is 0.993. The predicted molar refractivity (Wildman–Crippen MR) is 95.2 cm³/mol. The molecule has 0 aliphatic heterocycles. The molecule has 3 nitrogen and oxygen atoms in total. The maximum absolute atomic E-state index is 10.7. The van der Waals surface area contributed by atoms with Gasteiger partial charge in [0, 0.05) is 5.56 Å². The van der Waals surface area contributed by atoms with Crippen molar-refractivity contribution >= 4 is 0 Å². The molecule has 2 atom stereocenters. The Labute approximate surface area is 142 Å². The first-order valence-electron chi connectivity index (χ1n) is 8.14. The highest BCUT2D eigenvalue weighted by molar-refractivity contribution is 5.43. The zero-order chi connectivity index (χ0) is 17.2. The van der Waals surface area contributed by atoms with Gasteiger partial charge in [-0.25, -0.2) is 0 Å². The fourth-order valence-electron chi connectivity index (χ4n) is 2.88. The Morgan fingerprint density at radius 2 is 1.71 bits per heavy atom. The van der Waals surface area contributed by atoms with Crippen molar-refractivity contribution in [2.75, 3.05) is 0 Å². The highest BCUT2D eigenvalue weighted by atomic mass is 16.5. The number of ether oxygens (including phenoxy) is 1. The number of para-hydroxylation sites is 2. The number of aliphatic hydroxyl groups is 1. The third kappa shape index (κ3) is 2.95. The van der Waals surface area contributed by atoms with Gasteiger partial charge in [-0.05, 0) is 29.7 Å². The molecule has 1 aliphatic carbocycles. The number of aromatic hydroxyl groups is 1. The van der Waals surface area contributed by atoms with Crippen LogP contribution in [0.15, 0.2) is 72.8 Å². The normalized spacial score (nSPS) is 22.8. The summed E-state index contributed by atoms with van der Waals surface area (Å²) in [5, 5.41) is 20.7. The summed E-state index contributed by atoms with van der Waals surface area (Å²) in [6.07, 6.45) is 6.31. The summed E-state index contributed by atoms with van der Waals surface area (Å²) in [6, 6.07) is 14.8. The van der Waals surface area contributed by atoms with Crippen molar-refractivity contribution in [2.24, 2.45) is 0 Å². The molecule has 2 aromatic carbocycles. The number of rotatable bonds is 4. The van der Waals surface area contributed by atoms with Crippen LogP contribution in [0.4, 0.5) is 0 Å². The first-order chi connectivity index (χ1) is 11.5. The summed E-state index contributed by atoms with van der Waals surface area (Å²) < 4.78 is 6.13. The maximum atomic E-state index is 10.7. The Morgan fingerprint density at radius 3 is 2.33 bits per heavy atom. The van der Waals surface area contributed by atoms with Gasteiger partial charge in [0.2, 0.25) is 0 Å². The summed E-state index contributed by atoms with van der Waals surface area (Å²) in [6.45, 7) is 4.28. The third-order valence-electron chi connectivity index (χ3n) is 4.36. The minimum atomic E-state index is -1.07. The smallest absolute Gasteiger partial charge is 0.182 e. The maximum Gasteiger partial charge on any atom is 0.182 e. The topological polar surface area (TPSA) is 49.7 Å². The number of phenols is 1. The number of phenolic OH excluding ortho intramolecular Hbond substituents is 1. The van der Waals surface area contributed by atoms with Crippen LogP contribution in [0.2, 0.25) is 0 Å². The van der Waals surface area contributed by atoms with Crippen LogP contribution in [0.5, 0.6) is 11.5 Å². The molecule has 0 spiro atoms. The first-order valence-corrected chi connectivity index (χ1v) is 8.14. The van der Waals surface area contributed by atoms with E-state index in [1.807, 2.05) is 24.3 Å². The second kappa shape index (κ2) is 6.54. The summed E-state index contributed by atoms with van der Waals surface area (Å²) in [4.78, 5) is 0. The second-order valence-electron chi connectivity index (χ2n) is 6.33. The van der Waals surface area contributed by atoms with Crippen LogP contribution in [-0.2, 0) is 5.60 Å². The van der Waals surface area contributed by atoms with Crippen molar-refractivity contribution in [3.8, 4) is 11.5 Å². The van der Waals surface area contributed by atoms with Crippen molar-refractivity contribution in [3.05, 3.63) is 84.0 Å². The Bertz CT molecular complexity index is 759. The average molecular weight is 322 g/mol. The Morgan fingerprint density at radius 1 is 1.00 bits per heavy atom. The lowest BCUT2D eigenvalue weighted by atomic mass is 9.83. The molecule has 0 saturated heterocycles. The van der Waals surface area contributed by atoms with Crippen LogP contribution in [0.25, 0.3) is 0 Å². The Kier molecular flexibility index (Phi) is 4.45. The van der Waals surface area contributed by atoms with Crippen LogP contribution in [0.1, 0.15) is 30.9 Å². The lowest BCUT2D eigenvalue weighted by Crippen LogP contribution is -2.43. The largest absolute Gasteiger partial charge is 0.504 e. The van der Waals surface area contributed by atoms with Crippen molar-refractivity contribution in [2.45, 2.75) is 31.5 Å². The molecule has 0 fully saturated rings. The number of hydrogen-bond donors (Lipinski definition) is 2. The Hall–Kier alpha value is -2.52. The molecule has 2 N–H and O–H groups in total. The molecule has 0 saturated carbocycles. The van der Waals surface area contributed by atoms with Crippen LogP contribution < -0.4 is 4.74 Å².